The molecule has 0 aromatic rings. The molecule has 1 aliphatic heterocycles. The van der Waals surface area contributed by atoms with Crippen molar-refractivity contribution in [3.63, 3.8) is 0 Å². The molecule has 0 saturated carbocycles. The van der Waals surface area contributed by atoms with Crippen molar-refractivity contribution in [3.8, 4) is 0 Å². The van der Waals surface area contributed by atoms with E-state index >= 15 is 0 Å². The first-order valence-electron chi connectivity index (χ1n) is 5.55. The number of alkyl carbamates (subject to hydrolysis) is 1. The molecule has 1 saturated heterocycles. The number of likely N-dealkylation sites (N-methyl/N-ethyl adjacent to an activating group) is 1. The molecule has 1 unspecified atom stereocenters. The Morgan fingerprint density at radius 3 is 2.53 bits per heavy atom. The van der Waals surface area contributed by atoms with Crippen LogP contribution in [0, 0.1) is 5.41 Å². The number of nitrogens with one attached hydrogen (secondary N) is 1. The van der Waals surface area contributed by atoms with Crippen LogP contribution in [0.5, 0.6) is 0 Å². The Labute approximate surface area is 101 Å². The fourth-order valence-electron chi connectivity index (χ4n) is 1.82. The average Bonchev–Trinajstić information content (AvgIpc) is 2.25. The van der Waals surface area contributed by atoms with Crippen molar-refractivity contribution in [2.24, 2.45) is 5.41 Å². The van der Waals surface area contributed by atoms with Gasteiger partial charge >= 0.3 is 6.09 Å². The van der Waals surface area contributed by atoms with Gasteiger partial charge < -0.3 is 19.7 Å². The van der Waals surface area contributed by atoms with Crippen molar-refractivity contribution >= 4 is 12.0 Å². The minimum Gasteiger partial charge on any atom is -0.453 e. The molecule has 17 heavy (non-hydrogen) atoms. The molecule has 6 heteroatoms. The molecule has 1 fully saturated rings. The second-order valence-electron chi connectivity index (χ2n) is 4.86. The largest absolute Gasteiger partial charge is 0.453 e. The lowest BCUT2D eigenvalue weighted by Crippen LogP contribution is -2.53. The summed E-state index contributed by atoms with van der Waals surface area (Å²) in [5.41, 5.74) is 0.0371. The summed E-state index contributed by atoms with van der Waals surface area (Å²) < 4.78 is 9.58. The van der Waals surface area contributed by atoms with Gasteiger partial charge in [0, 0.05) is 19.0 Å². The van der Waals surface area contributed by atoms with Crippen molar-refractivity contribution in [2.45, 2.75) is 19.9 Å². The molecule has 0 aromatic carbocycles. The summed E-state index contributed by atoms with van der Waals surface area (Å²) in [7, 11) is 2.99. The third kappa shape index (κ3) is 3.59. The predicted molar refractivity (Wildman–Crippen MR) is 61.6 cm³/mol. The molecule has 1 rings (SSSR count). The van der Waals surface area contributed by atoms with Crippen molar-refractivity contribution in [2.75, 3.05) is 33.9 Å². The maximum atomic E-state index is 11.9. The third-order valence-corrected chi connectivity index (χ3v) is 2.79. The van der Waals surface area contributed by atoms with E-state index in [4.69, 9.17) is 4.74 Å². The summed E-state index contributed by atoms with van der Waals surface area (Å²) in [4.78, 5) is 24.5. The monoisotopic (exact) mass is 244 g/mol. The van der Waals surface area contributed by atoms with Crippen LogP contribution in [0.15, 0.2) is 0 Å². The average molecular weight is 244 g/mol. The van der Waals surface area contributed by atoms with Gasteiger partial charge in [0.15, 0.2) is 0 Å². The second-order valence-corrected chi connectivity index (χ2v) is 4.86. The SMILES string of the molecule is COC(=O)NC(C)C(=O)N(C)CC1(C)COC1. The lowest BCUT2D eigenvalue weighted by atomic mass is 9.88. The van der Waals surface area contributed by atoms with Gasteiger partial charge in [0.05, 0.1) is 20.3 Å². The molecule has 1 aliphatic rings. The number of rotatable bonds is 4. The van der Waals surface area contributed by atoms with Crippen molar-refractivity contribution < 1.29 is 19.1 Å². The Hall–Kier alpha value is -1.30. The normalized spacial score (nSPS) is 18.8. The Balaban J connectivity index is 2.42. The standard InChI is InChI=1S/C11H20N2O4/c1-8(12-10(15)16-4)9(14)13(3)5-11(2)6-17-7-11/h8H,5-7H2,1-4H3,(H,12,15). The highest BCUT2D eigenvalue weighted by atomic mass is 16.5. The number of nitrogens with zero attached hydrogens (tertiary/aromatic N) is 1. The van der Waals surface area contributed by atoms with Crippen LogP contribution in [0.4, 0.5) is 4.79 Å². The molecular formula is C11H20N2O4. The molecule has 0 aromatic heterocycles. The maximum Gasteiger partial charge on any atom is 0.407 e. The molecule has 1 N–H and O–H groups in total. The summed E-state index contributed by atoms with van der Waals surface area (Å²) >= 11 is 0. The van der Waals surface area contributed by atoms with Crippen LogP contribution in [0.2, 0.25) is 0 Å². The second kappa shape index (κ2) is 5.35. The number of hydrogen-bond acceptors (Lipinski definition) is 4. The van der Waals surface area contributed by atoms with E-state index in [1.54, 1.807) is 18.9 Å². The number of ether oxygens (including phenoxy) is 2. The summed E-state index contributed by atoms with van der Waals surface area (Å²) in [5.74, 6) is -0.136. The maximum absolute atomic E-state index is 11.9. The lowest BCUT2D eigenvalue weighted by Gasteiger charge is -2.41. The zero-order valence-corrected chi connectivity index (χ0v) is 10.8. The Morgan fingerprint density at radius 1 is 1.53 bits per heavy atom. The summed E-state index contributed by atoms with van der Waals surface area (Å²) in [5, 5.41) is 2.45. The van der Waals surface area contributed by atoms with E-state index in [1.807, 2.05) is 0 Å². The Morgan fingerprint density at radius 2 is 2.12 bits per heavy atom. The van der Waals surface area contributed by atoms with Crippen LogP contribution in [0.25, 0.3) is 0 Å². The van der Waals surface area contributed by atoms with Gasteiger partial charge in [-0.3, -0.25) is 4.79 Å². The molecular weight excluding hydrogens is 224 g/mol. The van der Waals surface area contributed by atoms with Crippen molar-refractivity contribution in [1.29, 1.82) is 0 Å². The number of carbonyl (C=O) groups is 2. The van der Waals surface area contributed by atoms with Crippen LogP contribution in [-0.4, -0.2) is 56.9 Å². The zero-order chi connectivity index (χ0) is 13.1. The fraction of sp³-hybridized carbons (Fsp3) is 0.818. The molecule has 1 atom stereocenters. The van der Waals surface area contributed by atoms with Crippen LogP contribution in [0.1, 0.15) is 13.8 Å². The van der Waals surface area contributed by atoms with Gasteiger partial charge in [-0.2, -0.15) is 0 Å². The third-order valence-electron chi connectivity index (χ3n) is 2.79. The minimum atomic E-state index is -0.600. The molecule has 0 aliphatic carbocycles. The van der Waals surface area contributed by atoms with Crippen LogP contribution in [0.3, 0.4) is 0 Å². The summed E-state index contributed by atoms with van der Waals surface area (Å²) in [6.07, 6.45) is -0.600. The van der Waals surface area contributed by atoms with E-state index in [0.29, 0.717) is 19.8 Å². The lowest BCUT2D eigenvalue weighted by molar-refractivity contribution is -0.143. The minimum absolute atomic E-state index is 0.0371. The summed E-state index contributed by atoms with van der Waals surface area (Å²) in [6, 6.07) is -0.586. The molecule has 0 bridgehead atoms. The van der Waals surface area contributed by atoms with E-state index in [-0.39, 0.29) is 11.3 Å². The van der Waals surface area contributed by atoms with E-state index in [2.05, 4.69) is 17.0 Å². The molecule has 6 nitrogen and oxygen atoms in total. The van der Waals surface area contributed by atoms with Gasteiger partial charge in [-0.15, -0.1) is 0 Å². The highest BCUT2D eigenvalue weighted by molar-refractivity contribution is 5.85. The zero-order valence-electron chi connectivity index (χ0n) is 10.8. The van der Waals surface area contributed by atoms with E-state index in [1.165, 1.54) is 7.11 Å². The number of carbonyl (C=O) groups excluding carboxylic acids is 2. The number of methoxy groups -OCH3 is 1. The highest BCUT2D eigenvalue weighted by Gasteiger charge is 2.36. The van der Waals surface area contributed by atoms with Crippen molar-refractivity contribution in [1.82, 2.24) is 10.2 Å². The first-order valence-corrected chi connectivity index (χ1v) is 5.55. The fourth-order valence-corrected chi connectivity index (χ4v) is 1.82. The van der Waals surface area contributed by atoms with Crippen molar-refractivity contribution in [3.05, 3.63) is 0 Å². The number of amides is 2. The summed E-state index contributed by atoms with van der Waals surface area (Å²) in [6.45, 7) is 5.67. The van der Waals surface area contributed by atoms with E-state index < -0.39 is 12.1 Å². The molecule has 2 amide bonds. The van der Waals surface area contributed by atoms with Gasteiger partial charge in [0.1, 0.15) is 6.04 Å². The molecule has 1 heterocycles. The van der Waals surface area contributed by atoms with Gasteiger partial charge in [-0.05, 0) is 6.92 Å². The van der Waals surface area contributed by atoms with E-state index in [9.17, 15) is 9.59 Å². The van der Waals surface area contributed by atoms with Crippen LogP contribution in [-0.2, 0) is 14.3 Å². The van der Waals surface area contributed by atoms with E-state index in [0.717, 1.165) is 0 Å². The van der Waals surface area contributed by atoms with Crippen LogP contribution < -0.4 is 5.32 Å². The smallest absolute Gasteiger partial charge is 0.407 e. The van der Waals surface area contributed by atoms with Gasteiger partial charge in [0.25, 0.3) is 0 Å². The Kier molecular flexibility index (Phi) is 4.34. The topological polar surface area (TPSA) is 67.9 Å². The van der Waals surface area contributed by atoms with Gasteiger partial charge in [0.2, 0.25) is 5.91 Å². The van der Waals surface area contributed by atoms with Crippen LogP contribution >= 0.6 is 0 Å². The number of hydrogen-bond donors (Lipinski definition) is 1. The first kappa shape index (κ1) is 13.8. The quantitative estimate of drug-likeness (QED) is 0.768. The highest BCUT2D eigenvalue weighted by Crippen LogP contribution is 2.27. The first-order chi connectivity index (χ1) is 7.88. The Bertz CT molecular complexity index is 302. The predicted octanol–water partition coefficient (Wildman–Crippen LogP) is 0.226. The molecule has 0 radical (unpaired) electrons. The van der Waals surface area contributed by atoms with Gasteiger partial charge in [-0.25, -0.2) is 4.79 Å². The molecule has 98 valence electrons. The molecule has 0 spiro atoms. The van der Waals surface area contributed by atoms with Gasteiger partial charge in [-0.1, -0.05) is 6.92 Å².